The molecule has 1 aromatic rings. The highest BCUT2D eigenvalue weighted by molar-refractivity contribution is 5.95. The zero-order valence-electron chi connectivity index (χ0n) is 13.3. The summed E-state index contributed by atoms with van der Waals surface area (Å²) < 4.78 is 11.4. The van der Waals surface area contributed by atoms with Crippen LogP contribution < -0.4 is 10.5 Å². The number of benzene rings is 1. The summed E-state index contributed by atoms with van der Waals surface area (Å²) in [4.78, 5) is 14.0. The van der Waals surface area contributed by atoms with Crippen molar-refractivity contribution in [3.8, 4) is 5.75 Å². The number of hydrogen-bond donors (Lipinski definition) is 1. The lowest BCUT2D eigenvalue weighted by atomic mass is 9.87. The van der Waals surface area contributed by atoms with Crippen LogP contribution in [0.4, 0.5) is 0 Å². The Labute approximate surface area is 131 Å². The molecule has 0 radical (unpaired) electrons. The van der Waals surface area contributed by atoms with Crippen LogP contribution in [0.25, 0.3) is 0 Å². The number of amides is 1. The van der Waals surface area contributed by atoms with Gasteiger partial charge in [0.15, 0.2) is 0 Å². The van der Waals surface area contributed by atoms with E-state index in [0.29, 0.717) is 11.6 Å². The molecule has 1 saturated heterocycles. The van der Waals surface area contributed by atoms with Gasteiger partial charge in [0.05, 0.1) is 13.2 Å². The molecule has 1 amide bonds. The lowest BCUT2D eigenvalue weighted by molar-refractivity contribution is -0.0373. The summed E-state index contributed by atoms with van der Waals surface area (Å²) >= 11 is 0. The van der Waals surface area contributed by atoms with E-state index < -0.39 is 5.91 Å². The molecule has 2 aliphatic rings. The van der Waals surface area contributed by atoms with Gasteiger partial charge in [0.25, 0.3) is 0 Å². The summed E-state index contributed by atoms with van der Waals surface area (Å²) in [6.45, 7) is 7.60. The zero-order chi connectivity index (χ0) is 15.7. The maximum Gasteiger partial charge on any atom is 0.249 e. The van der Waals surface area contributed by atoms with E-state index in [0.717, 1.165) is 56.0 Å². The Morgan fingerprint density at radius 3 is 2.59 bits per heavy atom. The Hall–Kier alpha value is -1.59. The van der Waals surface area contributed by atoms with Gasteiger partial charge in [-0.3, -0.25) is 9.69 Å². The van der Waals surface area contributed by atoms with Crippen LogP contribution in [-0.2, 0) is 4.74 Å². The van der Waals surface area contributed by atoms with E-state index in [1.165, 1.54) is 0 Å². The minimum absolute atomic E-state index is 0.232. The largest absolute Gasteiger partial charge is 0.490 e. The van der Waals surface area contributed by atoms with Crippen molar-refractivity contribution in [3.63, 3.8) is 0 Å². The minimum atomic E-state index is -0.397. The summed E-state index contributed by atoms with van der Waals surface area (Å²) in [6, 6.07) is 4.37. The van der Waals surface area contributed by atoms with Crippen molar-refractivity contribution in [2.24, 2.45) is 5.73 Å². The monoisotopic (exact) mass is 304 g/mol. The summed E-state index contributed by atoms with van der Waals surface area (Å²) in [6.07, 6.45) is 2.31. The van der Waals surface area contributed by atoms with Crippen molar-refractivity contribution in [1.82, 2.24) is 4.90 Å². The summed E-state index contributed by atoms with van der Waals surface area (Å²) in [5, 5.41) is 0. The standard InChI is InChI=1S/C17H24N2O3/c1-11-7-14(10-16(12(11)2)17(18)20)22-15-8-13(9-15)19-3-5-21-6-4-19/h7,10,13,15H,3-6,8-9H2,1-2H3,(H2,18,20). The van der Waals surface area contributed by atoms with E-state index in [9.17, 15) is 4.79 Å². The van der Waals surface area contributed by atoms with Gasteiger partial charge in [0.2, 0.25) is 5.91 Å². The number of hydrogen-bond acceptors (Lipinski definition) is 4. The van der Waals surface area contributed by atoms with Crippen molar-refractivity contribution < 1.29 is 14.3 Å². The molecule has 0 unspecified atom stereocenters. The second kappa shape index (κ2) is 6.26. The number of nitrogens with two attached hydrogens (primary N) is 1. The average molecular weight is 304 g/mol. The lowest BCUT2D eigenvalue weighted by Crippen LogP contribution is -2.52. The van der Waals surface area contributed by atoms with Gasteiger partial charge in [-0.15, -0.1) is 0 Å². The van der Waals surface area contributed by atoms with Gasteiger partial charge in [0.1, 0.15) is 11.9 Å². The Balaban J connectivity index is 1.59. The van der Waals surface area contributed by atoms with Gasteiger partial charge in [0, 0.05) is 37.5 Å². The molecule has 0 spiro atoms. The first-order chi connectivity index (χ1) is 10.5. The predicted molar refractivity (Wildman–Crippen MR) is 84.3 cm³/mol. The number of aryl methyl sites for hydroxylation is 1. The SMILES string of the molecule is Cc1cc(OC2CC(N3CCOCC3)C2)cc(C(N)=O)c1C. The molecule has 2 N–H and O–H groups in total. The molecule has 1 aliphatic carbocycles. The fourth-order valence-electron chi connectivity index (χ4n) is 3.22. The molecule has 3 rings (SSSR count). The normalized spacial score (nSPS) is 25.5. The number of carbonyl (C=O) groups excluding carboxylic acids is 1. The van der Waals surface area contributed by atoms with Gasteiger partial charge in [-0.25, -0.2) is 0 Å². The Kier molecular flexibility index (Phi) is 4.36. The van der Waals surface area contributed by atoms with Crippen LogP contribution in [-0.4, -0.2) is 49.3 Å². The van der Waals surface area contributed by atoms with Crippen LogP contribution in [0.3, 0.4) is 0 Å². The van der Waals surface area contributed by atoms with Gasteiger partial charge < -0.3 is 15.2 Å². The number of nitrogens with zero attached hydrogens (tertiary/aromatic N) is 1. The number of rotatable bonds is 4. The van der Waals surface area contributed by atoms with Gasteiger partial charge >= 0.3 is 0 Å². The van der Waals surface area contributed by atoms with Crippen molar-refractivity contribution in [2.45, 2.75) is 38.8 Å². The van der Waals surface area contributed by atoms with E-state index in [1.54, 1.807) is 6.07 Å². The second-order valence-electron chi connectivity index (χ2n) is 6.29. The smallest absolute Gasteiger partial charge is 0.249 e. The first-order valence-corrected chi connectivity index (χ1v) is 7.94. The lowest BCUT2D eigenvalue weighted by Gasteiger charge is -2.44. The summed E-state index contributed by atoms with van der Waals surface area (Å²) in [7, 11) is 0. The van der Waals surface area contributed by atoms with Crippen LogP contribution in [0.1, 0.15) is 34.3 Å². The molecule has 1 aromatic carbocycles. The molecule has 0 atom stereocenters. The third-order valence-corrected chi connectivity index (χ3v) is 4.84. The number of primary amides is 1. The summed E-state index contributed by atoms with van der Waals surface area (Å²) in [5.74, 6) is 0.355. The molecular weight excluding hydrogens is 280 g/mol. The van der Waals surface area contributed by atoms with Crippen molar-refractivity contribution in [3.05, 3.63) is 28.8 Å². The Bertz CT molecular complexity index is 561. The van der Waals surface area contributed by atoms with Crippen LogP contribution in [0, 0.1) is 13.8 Å². The molecule has 5 nitrogen and oxygen atoms in total. The highest BCUT2D eigenvalue weighted by Crippen LogP contribution is 2.31. The van der Waals surface area contributed by atoms with Gasteiger partial charge in [-0.2, -0.15) is 0 Å². The molecule has 1 saturated carbocycles. The van der Waals surface area contributed by atoms with Crippen LogP contribution >= 0.6 is 0 Å². The molecular formula is C17H24N2O3. The minimum Gasteiger partial charge on any atom is -0.490 e. The van der Waals surface area contributed by atoms with Crippen molar-refractivity contribution in [2.75, 3.05) is 26.3 Å². The topological polar surface area (TPSA) is 64.8 Å². The van der Waals surface area contributed by atoms with E-state index >= 15 is 0 Å². The van der Waals surface area contributed by atoms with Crippen molar-refractivity contribution >= 4 is 5.91 Å². The summed E-state index contributed by atoms with van der Waals surface area (Å²) in [5.41, 5.74) is 7.96. The molecule has 0 aromatic heterocycles. The predicted octanol–water partition coefficient (Wildman–Crippen LogP) is 1.64. The number of ether oxygens (including phenoxy) is 2. The molecule has 22 heavy (non-hydrogen) atoms. The molecule has 1 heterocycles. The van der Waals surface area contributed by atoms with Gasteiger partial charge in [-0.05, 0) is 37.1 Å². The highest BCUT2D eigenvalue weighted by Gasteiger charge is 2.35. The Morgan fingerprint density at radius 2 is 1.95 bits per heavy atom. The molecule has 2 fully saturated rings. The molecule has 120 valence electrons. The molecule has 1 aliphatic heterocycles. The molecule has 5 heteroatoms. The molecule has 0 bridgehead atoms. The fourth-order valence-corrected chi connectivity index (χ4v) is 3.22. The van der Waals surface area contributed by atoms with Crippen LogP contribution in [0.5, 0.6) is 5.75 Å². The third kappa shape index (κ3) is 3.10. The first kappa shape index (κ1) is 15.3. The maximum absolute atomic E-state index is 11.5. The maximum atomic E-state index is 11.5. The van der Waals surface area contributed by atoms with E-state index in [2.05, 4.69) is 4.90 Å². The average Bonchev–Trinajstić information content (AvgIpc) is 2.46. The van der Waals surface area contributed by atoms with E-state index in [4.69, 9.17) is 15.2 Å². The van der Waals surface area contributed by atoms with Crippen molar-refractivity contribution in [1.29, 1.82) is 0 Å². The first-order valence-electron chi connectivity index (χ1n) is 7.94. The quantitative estimate of drug-likeness (QED) is 0.918. The van der Waals surface area contributed by atoms with Crippen LogP contribution in [0.15, 0.2) is 12.1 Å². The van der Waals surface area contributed by atoms with Gasteiger partial charge in [-0.1, -0.05) is 0 Å². The van der Waals surface area contributed by atoms with Crippen LogP contribution in [0.2, 0.25) is 0 Å². The second-order valence-corrected chi connectivity index (χ2v) is 6.29. The van der Waals surface area contributed by atoms with E-state index in [-0.39, 0.29) is 6.10 Å². The van der Waals surface area contributed by atoms with E-state index in [1.807, 2.05) is 19.9 Å². The highest BCUT2D eigenvalue weighted by atomic mass is 16.5. The number of morpholine rings is 1. The third-order valence-electron chi connectivity index (χ3n) is 4.84. The Morgan fingerprint density at radius 1 is 1.27 bits per heavy atom. The fraction of sp³-hybridized carbons (Fsp3) is 0.588. The zero-order valence-corrected chi connectivity index (χ0v) is 13.3. The number of carbonyl (C=O) groups is 1.